The highest BCUT2D eigenvalue weighted by molar-refractivity contribution is 5.67. The van der Waals surface area contributed by atoms with Gasteiger partial charge in [0.25, 0.3) is 0 Å². The molecule has 0 bridgehead atoms. The lowest BCUT2D eigenvalue weighted by molar-refractivity contribution is -0.320. The minimum Gasteiger partial charge on any atom is -0.253 e. The summed E-state index contributed by atoms with van der Waals surface area (Å²) in [6.45, 7) is 2.86. The number of hydrogen-bond acceptors (Lipinski definition) is 1. The highest BCUT2D eigenvalue weighted by Gasteiger charge is 2.70. The molecule has 0 atom stereocenters. The first kappa shape index (κ1) is 36.3. The largest absolute Gasteiger partial charge is 0.386 e. The van der Waals surface area contributed by atoms with Crippen molar-refractivity contribution in [2.75, 3.05) is 6.54 Å². The van der Waals surface area contributed by atoms with Gasteiger partial charge in [0, 0.05) is 13.0 Å². The van der Waals surface area contributed by atoms with Gasteiger partial charge in [0.1, 0.15) is 0 Å². The van der Waals surface area contributed by atoms with Gasteiger partial charge in [-0.05, 0) is 12.8 Å². The monoisotopic (exact) mass is 627 g/mol. The normalized spacial score (nSPS) is 12.4. The van der Waals surface area contributed by atoms with Gasteiger partial charge in [0.2, 0.25) is 11.6 Å². The van der Waals surface area contributed by atoms with E-state index >= 15 is 0 Å². The molecule has 0 radical (unpaired) electrons. The van der Waals surface area contributed by atoms with Crippen molar-refractivity contribution in [3.63, 3.8) is 0 Å². The smallest absolute Gasteiger partial charge is 0.253 e. The van der Waals surface area contributed by atoms with Crippen LogP contribution in [-0.2, 0) is 0 Å². The lowest BCUT2D eigenvalue weighted by Gasteiger charge is -2.33. The summed E-state index contributed by atoms with van der Waals surface area (Å²) in [6.07, 6.45) is 0.413. The number of rotatable bonds is 11. The molecule has 0 saturated carbocycles. The predicted octanol–water partition coefficient (Wildman–Crippen LogP) is 9.56. The average molecular weight is 627 g/mol. The summed E-state index contributed by atoms with van der Waals surface area (Å²) in [4.78, 5) is 0. The van der Waals surface area contributed by atoms with Crippen molar-refractivity contribution in [1.29, 1.82) is 0 Å². The fourth-order valence-corrected chi connectivity index (χ4v) is 3.20. The molecule has 2 rings (SSSR count). The van der Waals surface area contributed by atoms with Crippen LogP contribution >= 0.6 is 0 Å². The zero-order chi connectivity index (χ0) is 32.1. The standard InChI is InChI=1S/C12F10.C12H21F6N/c13-3-1(4(14)8(18)11(21)7(3)17)2-5(15)9(19)12(22)10(20)6(2)16;1-3-5-6-7-8-10(13,14)11(15,16)12(17,18)19-9-4-2/h;19H,3-9H2,1-2H3. The fourth-order valence-electron chi connectivity index (χ4n) is 3.20. The SMILES string of the molecule is CCCCCCC(F)(F)C(F)(F)C(F)(F)NCCC.Fc1c(F)c(F)c(-c2c(F)c(F)c(F)c(F)c2F)c(F)c1F. The summed E-state index contributed by atoms with van der Waals surface area (Å²) in [5, 5.41) is 1.19. The Morgan fingerprint density at radius 1 is 0.463 bits per heavy atom. The summed E-state index contributed by atoms with van der Waals surface area (Å²) in [6, 6.07) is -4.91. The molecule has 0 aliphatic carbocycles. The minimum absolute atomic E-state index is 0.147. The van der Waals surface area contributed by atoms with Crippen LogP contribution in [0.4, 0.5) is 70.2 Å². The van der Waals surface area contributed by atoms with Crippen LogP contribution in [0, 0.1) is 58.2 Å². The lowest BCUT2D eigenvalue weighted by atomic mass is 10.0. The Hall–Kier alpha value is -2.72. The molecule has 0 aliphatic rings. The van der Waals surface area contributed by atoms with Gasteiger partial charge in [0.15, 0.2) is 46.5 Å². The summed E-state index contributed by atoms with van der Waals surface area (Å²) in [5.74, 6) is -36.7. The molecule has 0 amide bonds. The molecule has 41 heavy (non-hydrogen) atoms. The van der Waals surface area contributed by atoms with Crippen LogP contribution in [0.25, 0.3) is 11.1 Å². The Bertz CT molecular complexity index is 1090. The van der Waals surface area contributed by atoms with E-state index in [-0.39, 0.29) is 12.8 Å². The van der Waals surface area contributed by atoms with Gasteiger partial charge in [-0.2, -0.15) is 26.3 Å². The third-order valence-corrected chi connectivity index (χ3v) is 5.46. The maximum atomic E-state index is 13.4. The van der Waals surface area contributed by atoms with Gasteiger partial charge in [-0.3, -0.25) is 5.32 Å². The Kier molecular flexibility index (Phi) is 12.4. The quantitative estimate of drug-likeness (QED) is 0.0861. The van der Waals surface area contributed by atoms with E-state index in [4.69, 9.17) is 0 Å². The van der Waals surface area contributed by atoms with Crippen molar-refractivity contribution in [3.05, 3.63) is 58.2 Å². The number of halogens is 16. The molecular weight excluding hydrogens is 606 g/mol. The minimum atomic E-state index is -5.39. The first-order valence-electron chi connectivity index (χ1n) is 11.6. The molecule has 1 nitrogen and oxygen atoms in total. The number of unbranched alkanes of at least 4 members (excludes halogenated alkanes) is 3. The zero-order valence-electron chi connectivity index (χ0n) is 21.0. The summed E-state index contributed by atoms with van der Waals surface area (Å²) in [7, 11) is 0. The molecule has 0 aliphatic heterocycles. The molecule has 234 valence electrons. The van der Waals surface area contributed by atoms with Crippen LogP contribution in [0.5, 0.6) is 0 Å². The van der Waals surface area contributed by atoms with E-state index < -0.39 is 100 Å². The molecule has 2 aromatic rings. The maximum absolute atomic E-state index is 13.4. The topological polar surface area (TPSA) is 12.0 Å². The molecule has 2 aromatic carbocycles. The van der Waals surface area contributed by atoms with Crippen LogP contribution in [0.2, 0.25) is 0 Å². The van der Waals surface area contributed by atoms with Crippen LogP contribution < -0.4 is 5.32 Å². The van der Waals surface area contributed by atoms with Gasteiger partial charge in [0.05, 0.1) is 11.1 Å². The van der Waals surface area contributed by atoms with Crippen molar-refractivity contribution >= 4 is 0 Å². The third-order valence-electron chi connectivity index (χ3n) is 5.46. The number of nitrogens with one attached hydrogen (secondary N) is 1. The van der Waals surface area contributed by atoms with Crippen molar-refractivity contribution in [3.8, 4) is 11.1 Å². The second kappa shape index (κ2) is 14.0. The lowest BCUT2D eigenvalue weighted by Crippen LogP contribution is -2.61. The molecule has 0 aromatic heterocycles. The highest BCUT2D eigenvalue weighted by Crippen LogP contribution is 2.47. The number of benzene rings is 2. The van der Waals surface area contributed by atoms with Crippen molar-refractivity contribution in [1.82, 2.24) is 5.32 Å². The predicted molar refractivity (Wildman–Crippen MR) is 113 cm³/mol. The Morgan fingerprint density at radius 3 is 1.12 bits per heavy atom. The van der Waals surface area contributed by atoms with Crippen LogP contribution in [-0.4, -0.2) is 24.4 Å². The molecule has 1 N–H and O–H groups in total. The van der Waals surface area contributed by atoms with Crippen LogP contribution in [0.3, 0.4) is 0 Å². The number of hydrogen-bond donors (Lipinski definition) is 1. The van der Waals surface area contributed by atoms with E-state index in [9.17, 15) is 70.2 Å². The van der Waals surface area contributed by atoms with E-state index in [1.807, 2.05) is 6.92 Å². The Balaban J connectivity index is 0.000000416. The van der Waals surface area contributed by atoms with Crippen LogP contribution in [0.15, 0.2) is 0 Å². The number of alkyl halides is 6. The van der Waals surface area contributed by atoms with Crippen molar-refractivity contribution < 1.29 is 70.2 Å². The average Bonchev–Trinajstić information content (AvgIpc) is 2.91. The summed E-state index contributed by atoms with van der Waals surface area (Å²) >= 11 is 0. The van der Waals surface area contributed by atoms with Crippen molar-refractivity contribution in [2.45, 2.75) is 70.3 Å². The first-order chi connectivity index (χ1) is 18.7. The van der Waals surface area contributed by atoms with Gasteiger partial charge in [-0.1, -0.05) is 33.1 Å². The molecule has 0 unspecified atom stereocenters. The third kappa shape index (κ3) is 7.38. The molecular formula is C24H21F16N. The second-order valence-electron chi connectivity index (χ2n) is 8.48. The van der Waals surface area contributed by atoms with E-state index in [0.29, 0.717) is 12.8 Å². The van der Waals surface area contributed by atoms with Crippen LogP contribution in [0.1, 0.15) is 52.4 Å². The van der Waals surface area contributed by atoms with E-state index in [1.54, 1.807) is 0 Å². The van der Waals surface area contributed by atoms with Gasteiger partial charge >= 0.3 is 17.9 Å². The molecule has 0 spiro atoms. The Morgan fingerprint density at radius 2 is 0.805 bits per heavy atom. The van der Waals surface area contributed by atoms with Crippen molar-refractivity contribution in [2.24, 2.45) is 0 Å². The molecule has 17 heteroatoms. The van der Waals surface area contributed by atoms with Gasteiger partial charge < -0.3 is 0 Å². The Labute approximate surface area is 222 Å². The van der Waals surface area contributed by atoms with Gasteiger partial charge in [-0.25, -0.2) is 43.9 Å². The molecule has 0 fully saturated rings. The molecule has 0 saturated heterocycles. The fraction of sp³-hybridized carbons (Fsp3) is 0.500. The summed E-state index contributed by atoms with van der Waals surface area (Å²) < 4.78 is 210. The zero-order valence-corrected chi connectivity index (χ0v) is 21.0. The van der Waals surface area contributed by atoms with Gasteiger partial charge in [-0.15, -0.1) is 0 Å². The summed E-state index contributed by atoms with van der Waals surface area (Å²) in [5.41, 5.74) is -4.52. The van der Waals surface area contributed by atoms with E-state index in [0.717, 1.165) is 6.42 Å². The molecule has 0 heterocycles. The maximum Gasteiger partial charge on any atom is 0.386 e. The highest BCUT2D eigenvalue weighted by atomic mass is 19.3. The van der Waals surface area contributed by atoms with E-state index in [1.165, 1.54) is 12.2 Å². The second-order valence-corrected chi connectivity index (χ2v) is 8.48. The first-order valence-corrected chi connectivity index (χ1v) is 11.6. The van der Waals surface area contributed by atoms with E-state index in [2.05, 4.69) is 0 Å².